The Hall–Kier alpha value is -3.32. The molecule has 4 rings (SSSR count). The van der Waals surface area contributed by atoms with Gasteiger partial charge in [-0.25, -0.2) is 0 Å². The van der Waals surface area contributed by atoms with Crippen LogP contribution in [0, 0.1) is 0 Å². The van der Waals surface area contributed by atoms with Crippen LogP contribution in [-0.4, -0.2) is 32.8 Å². The zero-order chi connectivity index (χ0) is 21.1. The lowest BCUT2D eigenvalue weighted by Crippen LogP contribution is -2.27. The Morgan fingerprint density at radius 1 is 0.867 bits per heavy atom. The van der Waals surface area contributed by atoms with Crippen molar-refractivity contribution >= 4 is 15.7 Å². The number of benzene rings is 3. The number of hydrogen-bond donors (Lipinski definition) is 0. The molecule has 0 saturated carbocycles. The molecule has 30 heavy (non-hydrogen) atoms. The van der Waals surface area contributed by atoms with Crippen LogP contribution in [0.1, 0.15) is 23.6 Å². The topological polar surface area (TPSA) is 68.2 Å². The molecule has 0 radical (unpaired) electrons. The average molecular weight is 423 g/mol. The summed E-state index contributed by atoms with van der Waals surface area (Å²) in [7, 11) is -0.769. The van der Waals surface area contributed by atoms with Gasteiger partial charge in [0.25, 0.3) is 10.0 Å². The molecule has 0 amide bonds. The summed E-state index contributed by atoms with van der Waals surface area (Å²) < 4.78 is 39.2. The molecule has 0 bridgehead atoms. The van der Waals surface area contributed by atoms with E-state index in [1.807, 2.05) is 42.5 Å². The van der Waals surface area contributed by atoms with Gasteiger partial charge in [-0.1, -0.05) is 60.7 Å². The minimum atomic E-state index is -3.87. The fourth-order valence-electron chi connectivity index (χ4n) is 3.62. The second-order valence-corrected chi connectivity index (χ2v) is 8.60. The van der Waals surface area contributed by atoms with Gasteiger partial charge in [-0.05, 0) is 23.8 Å². The van der Waals surface area contributed by atoms with Gasteiger partial charge >= 0.3 is 0 Å². The van der Waals surface area contributed by atoms with Gasteiger partial charge in [0.1, 0.15) is 0 Å². The van der Waals surface area contributed by atoms with Gasteiger partial charge in [0.05, 0.1) is 30.9 Å². The van der Waals surface area contributed by atoms with Crippen molar-refractivity contribution in [3.63, 3.8) is 0 Å². The summed E-state index contributed by atoms with van der Waals surface area (Å²) >= 11 is 0. The molecule has 1 aliphatic heterocycles. The Kier molecular flexibility index (Phi) is 5.46. The normalized spacial score (nSPS) is 16.3. The Morgan fingerprint density at radius 2 is 1.53 bits per heavy atom. The number of sulfonamides is 1. The quantitative estimate of drug-likeness (QED) is 0.596. The van der Waals surface area contributed by atoms with E-state index in [1.54, 1.807) is 50.6 Å². The molecule has 1 atom stereocenters. The molecule has 0 N–H and O–H groups in total. The monoisotopic (exact) mass is 422 g/mol. The Bertz CT molecular complexity index is 1160. The first-order chi connectivity index (χ1) is 14.6. The van der Waals surface area contributed by atoms with Crippen LogP contribution in [0.2, 0.25) is 0 Å². The van der Waals surface area contributed by atoms with Gasteiger partial charge in [-0.3, -0.25) is 0 Å². The minimum Gasteiger partial charge on any atom is -0.493 e. The lowest BCUT2D eigenvalue weighted by molar-refractivity contribution is 0.328. The maximum absolute atomic E-state index is 13.5. The third-order valence-electron chi connectivity index (χ3n) is 5.06. The zero-order valence-electron chi connectivity index (χ0n) is 16.7. The van der Waals surface area contributed by atoms with Crippen molar-refractivity contribution < 1.29 is 17.9 Å². The van der Waals surface area contributed by atoms with E-state index >= 15 is 0 Å². The summed E-state index contributed by atoms with van der Waals surface area (Å²) in [5, 5.41) is 4.56. The largest absolute Gasteiger partial charge is 0.493 e. The molecule has 154 valence electrons. The number of nitrogens with zero attached hydrogens (tertiary/aromatic N) is 2. The fourth-order valence-corrected chi connectivity index (χ4v) is 5.07. The molecule has 7 heteroatoms. The van der Waals surface area contributed by atoms with Gasteiger partial charge in [-0.2, -0.15) is 17.9 Å². The highest BCUT2D eigenvalue weighted by Crippen LogP contribution is 2.43. The third kappa shape index (κ3) is 3.52. The molecular weight excluding hydrogens is 400 g/mol. The van der Waals surface area contributed by atoms with Gasteiger partial charge in [0.2, 0.25) is 0 Å². The lowest BCUT2D eigenvalue weighted by atomic mass is 9.98. The minimum absolute atomic E-state index is 0.190. The molecule has 0 aromatic heterocycles. The van der Waals surface area contributed by atoms with Crippen molar-refractivity contribution in [1.82, 2.24) is 4.41 Å². The lowest BCUT2D eigenvalue weighted by Gasteiger charge is -2.25. The SMILES string of the molecule is COc1cccc([C@H]2CC(c3ccccc3)=NN2S(=O)(=O)c2ccccc2)c1OC. The highest BCUT2D eigenvalue weighted by atomic mass is 32.2. The van der Waals surface area contributed by atoms with E-state index in [0.29, 0.717) is 29.2 Å². The van der Waals surface area contributed by atoms with Gasteiger partial charge in [-0.15, -0.1) is 0 Å². The summed E-state index contributed by atoms with van der Waals surface area (Å²) in [5.74, 6) is 1.04. The molecule has 3 aromatic rings. The maximum atomic E-state index is 13.5. The van der Waals surface area contributed by atoms with Gasteiger partial charge in [0.15, 0.2) is 11.5 Å². The molecule has 1 heterocycles. The predicted molar refractivity (Wildman–Crippen MR) is 115 cm³/mol. The highest BCUT2D eigenvalue weighted by molar-refractivity contribution is 7.89. The van der Waals surface area contributed by atoms with Crippen molar-refractivity contribution in [2.75, 3.05) is 14.2 Å². The van der Waals surface area contributed by atoms with Crippen molar-refractivity contribution in [2.45, 2.75) is 17.4 Å². The van der Waals surface area contributed by atoms with Crippen LogP contribution in [0.4, 0.5) is 0 Å². The Labute approximate surface area is 176 Å². The van der Waals surface area contributed by atoms with E-state index in [4.69, 9.17) is 9.47 Å². The molecule has 1 aliphatic rings. The molecule has 6 nitrogen and oxygen atoms in total. The first-order valence-corrected chi connectivity index (χ1v) is 10.9. The van der Waals surface area contributed by atoms with E-state index < -0.39 is 16.1 Å². The number of methoxy groups -OCH3 is 2. The smallest absolute Gasteiger partial charge is 0.279 e. The van der Waals surface area contributed by atoms with Crippen LogP contribution in [0.5, 0.6) is 11.5 Å². The number of hydrazone groups is 1. The Morgan fingerprint density at radius 3 is 2.17 bits per heavy atom. The van der Waals surface area contributed by atoms with Crippen LogP contribution in [0.3, 0.4) is 0 Å². The molecule has 0 spiro atoms. The molecule has 0 aliphatic carbocycles. The summed E-state index contributed by atoms with van der Waals surface area (Å²) in [6.45, 7) is 0. The van der Waals surface area contributed by atoms with Crippen LogP contribution >= 0.6 is 0 Å². The maximum Gasteiger partial charge on any atom is 0.279 e. The third-order valence-corrected chi connectivity index (χ3v) is 6.76. The van der Waals surface area contributed by atoms with E-state index in [9.17, 15) is 8.42 Å². The Balaban J connectivity index is 1.86. The van der Waals surface area contributed by atoms with E-state index in [2.05, 4.69) is 5.10 Å². The first-order valence-electron chi connectivity index (χ1n) is 9.49. The van der Waals surface area contributed by atoms with Crippen LogP contribution < -0.4 is 9.47 Å². The van der Waals surface area contributed by atoms with E-state index in [-0.39, 0.29) is 4.90 Å². The molecular formula is C23H22N2O4S. The van der Waals surface area contributed by atoms with Crippen molar-refractivity contribution in [1.29, 1.82) is 0 Å². The summed E-state index contributed by atoms with van der Waals surface area (Å²) in [5.41, 5.74) is 2.28. The molecule has 0 saturated heterocycles. The average Bonchev–Trinajstić information content (AvgIpc) is 3.26. The fraction of sp³-hybridized carbons (Fsp3) is 0.174. The molecule has 0 fully saturated rings. The van der Waals surface area contributed by atoms with E-state index in [0.717, 1.165) is 5.56 Å². The number of ether oxygens (including phenoxy) is 2. The van der Waals surface area contributed by atoms with Crippen LogP contribution in [0.15, 0.2) is 88.9 Å². The molecule has 3 aromatic carbocycles. The highest BCUT2D eigenvalue weighted by Gasteiger charge is 2.39. The molecule has 0 unspecified atom stereocenters. The summed E-state index contributed by atoms with van der Waals surface area (Å²) in [6, 6.07) is 22.8. The van der Waals surface area contributed by atoms with Crippen molar-refractivity contribution in [2.24, 2.45) is 5.10 Å². The van der Waals surface area contributed by atoms with Gasteiger partial charge in [0, 0.05) is 12.0 Å². The summed E-state index contributed by atoms with van der Waals surface area (Å²) in [4.78, 5) is 0.190. The number of hydrogen-bond acceptors (Lipinski definition) is 5. The van der Waals surface area contributed by atoms with Crippen LogP contribution in [0.25, 0.3) is 0 Å². The van der Waals surface area contributed by atoms with Crippen LogP contribution in [-0.2, 0) is 10.0 Å². The van der Waals surface area contributed by atoms with Gasteiger partial charge < -0.3 is 9.47 Å². The first kappa shape index (κ1) is 20.0. The zero-order valence-corrected chi connectivity index (χ0v) is 17.5. The second kappa shape index (κ2) is 8.20. The second-order valence-electron chi connectivity index (χ2n) is 6.81. The number of rotatable bonds is 6. The van der Waals surface area contributed by atoms with Crippen molar-refractivity contribution in [3.8, 4) is 11.5 Å². The standard InChI is InChI=1S/C23H22N2O4S/c1-28-22-15-9-14-19(23(22)29-2)21-16-20(17-10-5-3-6-11-17)24-25(21)30(26,27)18-12-7-4-8-13-18/h3-15,21H,16H2,1-2H3/t21-/m1/s1. The number of para-hydroxylation sites is 1. The summed E-state index contributed by atoms with van der Waals surface area (Å²) in [6.07, 6.45) is 0.416. The van der Waals surface area contributed by atoms with E-state index in [1.165, 1.54) is 4.41 Å². The van der Waals surface area contributed by atoms with Crippen molar-refractivity contribution in [3.05, 3.63) is 90.0 Å². The predicted octanol–water partition coefficient (Wildman–Crippen LogP) is 4.24.